The number of aromatic amines is 1. The summed E-state index contributed by atoms with van der Waals surface area (Å²) in [6, 6.07) is 5.87. The Kier molecular flexibility index (Phi) is 5.73. The molecular formula is C18H22FN3O5. The highest BCUT2D eigenvalue weighted by atomic mass is 19.1. The van der Waals surface area contributed by atoms with E-state index in [0.717, 1.165) is 0 Å². The molecule has 1 saturated heterocycles. The van der Waals surface area contributed by atoms with Gasteiger partial charge in [-0.1, -0.05) is 0 Å². The lowest BCUT2D eigenvalue weighted by Crippen LogP contribution is -2.53. The summed E-state index contributed by atoms with van der Waals surface area (Å²) in [5.74, 6) is -1.10. The molecule has 1 fully saturated rings. The third-order valence-electron chi connectivity index (χ3n) is 4.35. The second kappa shape index (κ2) is 8.03. The van der Waals surface area contributed by atoms with Crippen molar-refractivity contribution in [1.82, 2.24) is 15.2 Å². The molecule has 1 aromatic heterocycles. The molecule has 0 aliphatic carbocycles. The summed E-state index contributed by atoms with van der Waals surface area (Å²) in [5, 5.41) is 14.1. The van der Waals surface area contributed by atoms with E-state index in [1.54, 1.807) is 12.1 Å². The number of aromatic nitrogens is 1. The fourth-order valence-corrected chi connectivity index (χ4v) is 3.03. The first-order chi connectivity index (χ1) is 12.9. The predicted octanol–water partition coefficient (Wildman–Crippen LogP) is 0.273. The molecular weight excluding hydrogens is 357 g/mol. The van der Waals surface area contributed by atoms with Crippen molar-refractivity contribution in [1.29, 1.82) is 0 Å². The van der Waals surface area contributed by atoms with E-state index in [9.17, 15) is 19.1 Å². The summed E-state index contributed by atoms with van der Waals surface area (Å²) in [6.07, 6.45) is 0. The van der Waals surface area contributed by atoms with Crippen molar-refractivity contribution in [3.05, 3.63) is 35.8 Å². The molecule has 9 heteroatoms. The SMILES string of the molecule is COCC(=O)NCC1(O)COCCN(C(=O)c2cc3ccc(F)cc3[nH]2)C1. The van der Waals surface area contributed by atoms with Crippen molar-refractivity contribution in [2.45, 2.75) is 5.60 Å². The fourth-order valence-electron chi connectivity index (χ4n) is 3.03. The molecule has 0 spiro atoms. The number of hydrogen-bond acceptors (Lipinski definition) is 5. The van der Waals surface area contributed by atoms with E-state index in [-0.39, 0.29) is 51.3 Å². The van der Waals surface area contributed by atoms with E-state index in [1.165, 1.54) is 24.1 Å². The molecule has 1 atom stereocenters. The molecule has 1 aromatic carbocycles. The first-order valence-corrected chi connectivity index (χ1v) is 8.53. The number of ether oxygens (including phenoxy) is 2. The van der Waals surface area contributed by atoms with Crippen LogP contribution >= 0.6 is 0 Å². The Morgan fingerprint density at radius 3 is 3.04 bits per heavy atom. The fraction of sp³-hybridized carbons (Fsp3) is 0.444. The molecule has 1 aliphatic heterocycles. The van der Waals surface area contributed by atoms with Crippen LogP contribution in [0.25, 0.3) is 10.9 Å². The molecule has 3 N–H and O–H groups in total. The van der Waals surface area contributed by atoms with Gasteiger partial charge in [0.1, 0.15) is 23.7 Å². The number of β-amino-alcohol motifs (C(OH)–C–C–N with tert-alkyl or cyclic N) is 1. The van der Waals surface area contributed by atoms with Gasteiger partial charge in [-0.3, -0.25) is 9.59 Å². The monoisotopic (exact) mass is 379 g/mol. The number of methoxy groups -OCH3 is 1. The number of carbonyl (C=O) groups is 2. The number of rotatable bonds is 5. The molecule has 0 saturated carbocycles. The van der Waals surface area contributed by atoms with E-state index in [1.807, 2.05) is 0 Å². The van der Waals surface area contributed by atoms with Crippen LogP contribution in [0.4, 0.5) is 4.39 Å². The Bertz CT molecular complexity index is 840. The highest BCUT2D eigenvalue weighted by molar-refractivity contribution is 5.98. The Morgan fingerprint density at radius 2 is 2.26 bits per heavy atom. The normalized spacial score (nSPS) is 20.5. The molecule has 2 aromatic rings. The molecule has 0 bridgehead atoms. The van der Waals surface area contributed by atoms with Gasteiger partial charge >= 0.3 is 0 Å². The van der Waals surface area contributed by atoms with Gasteiger partial charge in [0.25, 0.3) is 5.91 Å². The van der Waals surface area contributed by atoms with Crippen molar-refractivity contribution in [2.75, 3.05) is 46.6 Å². The lowest BCUT2D eigenvalue weighted by molar-refractivity contribution is -0.126. The summed E-state index contributed by atoms with van der Waals surface area (Å²) < 4.78 is 23.5. The van der Waals surface area contributed by atoms with Gasteiger partial charge in [-0.15, -0.1) is 0 Å². The van der Waals surface area contributed by atoms with E-state index in [0.29, 0.717) is 16.6 Å². The van der Waals surface area contributed by atoms with E-state index >= 15 is 0 Å². The first-order valence-electron chi connectivity index (χ1n) is 8.53. The van der Waals surface area contributed by atoms with Crippen LogP contribution in [0.3, 0.4) is 0 Å². The van der Waals surface area contributed by atoms with Gasteiger partial charge in [-0.25, -0.2) is 4.39 Å². The highest BCUT2D eigenvalue weighted by Crippen LogP contribution is 2.20. The molecule has 2 heterocycles. The van der Waals surface area contributed by atoms with Crippen molar-refractivity contribution in [2.24, 2.45) is 0 Å². The van der Waals surface area contributed by atoms with Gasteiger partial charge in [0.15, 0.2) is 0 Å². The third-order valence-corrected chi connectivity index (χ3v) is 4.35. The lowest BCUT2D eigenvalue weighted by atomic mass is 10.0. The molecule has 3 rings (SSSR count). The quantitative estimate of drug-likeness (QED) is 0.692. The van der Waals surface area contributed by atoms with E-state index < -0.39 is 11.4 Å². The number of fused-ring (bicyclic) bond motifs is 1. The molecule has 146 valence electrons. The molecule has 1 aliphatic rings. The van der Waals surface area contributed by atoms with Crippen LogP contribution in [-0.4, -0.2) is 79.0 Å². The zero-order valence-corrected chi connectivity index (χ0v) is 15.0. The van der Waals surface area contributed by atoms with Gasteiger partial charge in [0.05, 0.1) is 26.3 Å². The van der Waals surface area contributed by atoms with Crippen molar-refractivity contribution in [3.63, 3.8) is 0 Å². The predicted molar refractivity (Wildman–Crippen MR) is 94.8 cm³/mol. The zero-order chi connectivity index (χ0) is 19.4. The summed E-state index contributed by atoms with van der Waals surface area (Å²) in [6.45, 7) is 0.332. The minimum atomic E-state index is -1.42. The van der Waals surface area contributed by atoms with Crippen molar-refractivity contribution >= 4 is 22.7 Å². The minimum Gasteiger partial charge on any atom is -0.384 e. The van der Waals surface area contributed by atoms with Crippen LogP contribution in [0.1, 0.15) is 10.5 Å². The smallest absolute Gasteiger partial charge is 0.270 e. The summed E-state index contributed by atoms with van der Waals surface area (Å²) in [7, 11) is 1.40. The summed E-state index contributed by atoms with van der Waals surface area (Å²) in [4.78, 5) is 28.8. The largest absolute Gasteiger partial charge is 0.384 e. The van der Waals surface area contributed by atoms with Crippen LogP contribution in [0, 0.1) is 5.82 Å². The van der Waals surface area contributed by atoms with Crippen molar-refractivity contribution in [3.8, 4) is 0 Å². The Balaban J connectivity index is 1.73. The summed E-state index contributed by atoms with van der Waals surface area (Å²) in [5.41, 5.74) is -0.608. The number of carbonyl (C=O) groups excluding carboxylic acids is 2. The van der Waals surface area contributed by atoms with Crippen LogP contribution in [0.15, 0.2) is 24.3 Å². The number of hydrogen-bond donors (Lipinski definition) is 3. The van der Waals surface area contributed by atoms with Gasteiger partial charge in [0.2, 0.25) is 5.91 Å². The molecule has 0 radical (unpaired) electrons. The Labute approximate surface area is 155 Å². The number of nitrogens with zero attached hydrogens (tertiary/aromatic N) is 1. The standard InChI is InChI=1S/C18H22FN3O5/c1-26-8-16(23)20-9-18(25)10-22(4-5-27-11-18)17(24)15-6-12-2-3-13(19)7-14(12)21-15/h2-3,6-7,21,25H,4-5,8-11H2,1H3,(H,20,23). The van der Waals surface area contributed by atoms with Crippen LogP contribution in [0.5, 0.6) is 0 Å². The van der Waals surface area contributed by atoms with Crippen LogP contribution < -0.4 is 5.32 Å². The second-order valence-electron chi connectivity index (χ2n) is 6.63. The second-order valence-corrected chi connectivity index (χ2v) is 6.63. The molecule has 27 heavy (non-hydrogen) atoms. The van der Waals surface area contributed by atoms with Gasteiger partial charge in [-0.2, -0.15) is 0 Å². The first kappa shape index (κ1) is 19.3. The highest BCUT2D eigenvalue weighted by Gasteiger charge is 2.35. The topological polar surface area (TPSA) is 104 Å². The van der Waals surface area contributed by atoms with Gasteiger partial charge < -0.3 is 29.8 Å². The third kappa shape index (κ3) is 4.62. The Hall–Kier alpha value is -2.49. The molecule has 8 nitrogen and oxygen atoms in total. The maximum Gasteiger partial charge on any atom is 0.270 e. The number of aliphatic hydroxyl groups is 1. The lowest BCUT2D eigenvalue weighted by Gasteiger charge is -2.30. The number of H-pyrrole nitrogens is 1. The average molecular weight is 379 g/mol. The zero-order valence-electron chi connectivity index (χ0n) is 15.0. The minimum absolute atomic E-state index is 0.0111. The number of amides is 2. The molecule has 2 amide bonds. The number of nitrogens with one attached hydrogen (secondary N) is 2. The van der Waals surface area contributed by atoms with Gasteiger partial charge in [-0.05, 0) is 24.3 Å². The number of halogens is 1. The van der Waals surface area contributed by atoms with Crippen LogP contribution in [0.2, 0.25) is 0 Å². The van der Waals surface area contributed by atoms with Gasteiger partial charge in [0, 0.05) is 24.6 Å². The maximum atomic E-state index is 13.4. The number of benzene rings is 1. The van der Waals surface area contributed by atoms with E-state index in [4.69, 9.17) is 9.47 Å². The summed E-state index contributed by atoms with van der Waals surface area (Å²) >= 11 is 0. The molecule has 1 unspecified atom stereocenters. The Morgan fingerprint density at radius 1 is 1.44 bits per heavy atom. The van der Waals surface area contributed by atoms with Crippen molar-refractivity contribution < 1.29 is 28.6 Å². The van der Waals surface area contributed by atoms with E-state index in [2.05, 4.69) is 10.3 Å². The maximum absolute atomic E-state index is 13.4. The average Bonchev–Trinajstić information content (AvgIpc) is 2.95. The van der Waals surface area contributed by atoms with Crippen LogP contribution in [-0.2, 0) is 14.3 Å².